The topological polar surface area (TPSA) is 64.6 Å². The summed E-state index contributed by atoms with van der Waals surface area (Å²) in [6, 6.07) is 13.9. The van der Waals surface area contributed by atoms with Crippen LogP contribution in [0.1, 0.15) is 30.5 Å². The zero-order valence-corrected chi connectivity index (χ0v) is 15.6. The molecule has 1 N–H and O–H groups in total. The minimum absolute atomic E-state index is 0.0591. The highest BCUT2D eigenvalue weighted by Crippen LogP contribution is 2.19. The average Bonchev–Trinajstić information content (AvgIpc) is 2.61. The van der Waals surface area contributed by atoms with Crippen molar-refractivity contribution in [3.8, 4) is 5.75 Å². The van der Waals surface area contributed by atoms with Crippen molar-refractivity contribution in [2.75, 3.05) is 13.2 Å². The number of amides is 1. The summed E-state index contributed by atoms with van der Waals surface area (Å²) in [7, 11) is 0. The fraction of sp³-hybridized carbons (Fsp3) is 0.300. The van der Waals surface area contributed by atoms with E-state index in [-0.39, 0.29) is 24.9 Å². The normalized spacial score (nSPS) is 11.5. The molecule has 2 rings (SSSR count). The van der Waals surface area contributed by atoms with Crippen LogP contribution in [0.2, 0.25) is 5.02 Å². The molecule has 0 bridgehead atoms. The smallest absolute Gasteiger partial charge is 0.308 e. The fourth-order valence-electron chi connectivity index (χ4n) is 2.35. The van der Waals surface area contributed by atoms with E-state index in [1.165, 1.54) is 0 Å². The van der Waals surface area contributed by atoms with Crippen LogP contribution in [0.15, 0.2) is 48.5 Å². The molecule has 0 aliphatic rings. The van der Waals surface area contributed by atoms with Crippen LogP contribution in [-0.4, -0.2) is 25.1 Å². The third-order valence-electron chi connectivity index (χ3n) is 3.67. The van der Waals surface area contributed by atoms with Gasteiger partial charge in [0.15, 0.2) is 6.61 Å². The molecular weight excluding hydrogens is 354 g/mol. The number of nitrogens with one attached hydrogen (secondary N) is 1. The molecule has 138 valence electrons. The van der Waals surface area contributed by atoms with Gasteiger partial charge in [0.2, 0.25) is 0 Å². The van der Waals surface area contributed by atoms with E-state index >= 15 is 0 Å². The molecule has 26 heavy (non-hydrogen) atoms. The van der Waals surface area contributed by atoms with E-state index in [2.05, 4.69) is 5.32 Å². The van der Waals surface area contributed by atoms with Crippen molar-refractivity contribution in [1.82, 2.24) is 5.32 Å². The van der Waals surface area contributed by atoms with E-state index in [9.17, 15) is 9.59 Å². The van der Waals surface area contributed by atoms with E-state index < -0.39 is 6.04 Å². The molecule has 0 fully saturated rings. The standard InChI is InChI=1S/C20H22ClNO4/c1-3-25-20(24)12-18(15-6-4-14(2)5-7-15)22-19(23)13-26-17-10-8-16(21)9-11-17/h4-11,18H,3,12-13H2,1-2H3,(H,22,23). The van der Waals surface area contributed by atoms with Gasteiger partial charge in [-0.1, -0.05) is 41.4 Å². The number of carbonyl (C=O) groups is 2. The predicted octanol–water partition coefficient (Wildman–Crippen LogP) is 3.84. The van der Waals surface area contributed by atoms with Crippen molar-refractivity contribution in [3.05, 3.63) is 64.7 Å². The Hall–Kier alpha value is -2.53. The Morgan fingerprint density at radius 2 is 1.73 bits per heavy atom. The van der Waals surface area contributed by atoms with Crippen molar-refractivity contribution in [2.24, 2.45) is 0 Å². The van der Waals surface area contributed by atoms with E-state index in [1.54, 1.807) is 31.2 Å². The molecule has 1 amide bonds. The average molecular weight is 376 g/mol. The van der Waals surface area contributed by atoms with Crippen LogP contribution in [0.25, 0.3) is 0 Å². The number of carbonyl (C=O) groups excluding carboxylic acids is 2. The number of benzene rings is 2. The molecular formula is C20H22ClNO4. The number of hydrogen-bond acceptors (Lipinski definition) is 4. The van der Waals surface area contributed by atoms with Gasteiger partial charge < -0.3 is 14.8 Å². The van der Waals surface area contributed by atoms with Crippen molar-refractivity contribution in [1.29, 1.82) is 0 Å². The summed E-state index contributed by atoms with van der Waals surface area (Å²) in [6.07, 6.45) is 0.0591. The van der Waals surface area contributed by atoms with Gasteiger partial charge in [0.05, 0.1) is 19.1 Å². The second-order valence-electron chi connectivity index (χ2n) is 5.78. The maximum atomic E-state index is 12.3. The van der Waals surface area contributed by atoms with E-state index in [0.717, 1.165) is 11.1 Å². The number of aryl methyl sites for hydroxylation is 1. The first-order valence-corrected chi connectivity index (χ1v) is 8.75. The fourth-order valence-corrected chi connectivity index (χ4v) is 2.48. The van der Waals surface area contributed by atoms with Gasteiger partial charge in [-0.05, 0) is 43.7 Å². The molecule has 0 aromatic heterocycles. The molecule has 0 spiro atoms. The van der Waals surface area contributed by atoms with Gasteiger partial charge in [0.1, 0.15) is 5.75 Å². The van der Waals surface area contributed by atoms with Crippen LogP contribution in [0, 0.1) is 6.92 Å². The number of halogens is 1. The highest BCUT2D eigenvalue weighted by atomic mass is 35.5. The monoisotopic (exact) mass is 375 g/mol. The van der Waals surface area contributed by atoms with Gasteiger partial charge in [0.25, 0.3) is 5.91 Å². The summed E-state index contributed by atoms with van der Waals surface area (Å²) in [5.74, 6) is -0.145. The van der Waals surface area contributed by atoms with E-state index in [4.69, 9.17) is 21.1 Å². The SMILES string of the molecule is CCOC(=O)CC(NC(=O)COc1ccc(Cl)cc1)c1ccc(C)cc1. The van der Waals surface area contributed by atoms with Crippen molar-refractivity contribution in [2.45, 2.75) is 26.3 Å². The first kappa shape index (κ1) is 19.8. The number of ether oxygens (including phenoxy) is 2. The highest BCUT2D eigenvalue weighted by Gasteiger charge is 2.19. The summed E-state index contributed by atoms with van der Waals surface area (Å²) < 4.78 is 10.4. The molecule has 0 radical (unpaired) electrons. The minimum atomic E-state index is -0.476. The Morgan fingerprint density at radius 1 is 1.08 bits per heavy atom. The lowest BCUT2D eigenvalue weighted by Gasteiger charge is -2.19. The Kier molecular flexibility index (Phi) is 7.48. The molecule has 0 saturated carbocycles. The van der Waals surface area contributed by atoms with Crippen molar-refractivity contribution >= 4 is 23.5 Å². The molecule has 2 aromatic rings. The lowest BCUT2D eigenvalue weighted by atomic mass is 10.0. The number of esters is 1. The van der Waals surface area contributed by atoms with E-state index in [0.29, 0.717) is 17.4 Å². The van der Waals surface area contributed by atoms with Crippen LogP contribution in [0.5, 0.6) is 5.75 Å². The Labute approximate surface area is 158 Å². The Bertz CT molecular complexity index is 728. The summed E-state index contributed by atoms with van der Waals surface area (Å²) >= 11 is 5.82. The maximum absolute atomic E-state index is 12.3. The zero-order valence-electron chi connectivity index (χ0n) is 14.8. The van der Waals surface area contributed by atoms with E-state index in [1.807, 2.05) is 31.2 Å². The van der Waals surface area contributed by atoms with Crippen LogP contribution in [0.3, 0.4) is 0 Å². The van der Waals surface area contributed by atoms with Gasteiger partial charge in [-0.2, -0.15) is 0 Å². The molecule has 0 aliphatic heterocycles. The molecule has 1 unspecified atom stereocenters. The quantitative estimate of drug-likeness (QED) is 0.712. The second-order valence-corrected chi connectivity index (χ2v) is 6.22. The minimum Gasteiger partial charge on any atom is -0.484 e. The highest BCUT2D eigenvalue weighted by molar-refractivity contribution is 6.30. The van der Waals surface area contributed by atoms with Gasteiger partial charge in [0, 0.05) is 5.02 Å². The molecule has 0 aliphatic carbocycles. The Morgan fingerprint density at radius 3 is 2.35 bits per heavy atom. The molecule has 6 heteroatoms. The van der Waals surface area contributed by atoms with Gasteiger partial charge in [-0.25, -0.2) is 0 Å². The van der Waals surface area contributed by atoms with Gasteiger partial charge in [-0.3, -0.25) is 9.59 Å². The van der Waals surface area contributed by atoms with Gasteiger partial charge in [-0.15, -0.1) is 0 Å². The van der Waals surface area contributed by atoms with Crippen LogP contribution in [-0.2, 0) is 14.3 Å². The second kappa shape index (κ2) is 9.82. The Balaban J connectivity index is 1.99. The van der Waals surface area contributed by atoms with Crippen molar-refractivity contribution in [3.63, 3.8) is 0 Å². The third kappa shape index (κ3) is 6.41. The van der Waals surface area contributed by atoms with Crippen LogP contribution in [0.4, 0.5) is 0 Å². The summed E-state index contributed by atoms with van der Waals surface area (Å²) in [5, 5.41) is 3.43. The first-order chi connectivity index (χ1) is 12.5. The number of hydrogen-bond donors (Lipinski definition) is 1. The van der Waals surface area contributed by atoms with Crippen LogP contribution < -0.4 is 10.1 Å². The first-order valence-electron chi connectivity index (χ1n) is 8.38. The zero-order chi connectivity index (χ0) is 18.9. The molecule has 1 atom stereocenters. The van der Waals surface area contributed by atoms with Gasteiger partial charge >= 0.3 is 5.97 Å². The lowest BCUT2D eigenvalue weighted by molar-refractivity contribution is -0.143. The van der Waals surface area contributed by atoms with Crippen LogP contribution >= 0.6 is 11.6 Å². The summed E-state index contributed by atoms with van der Waals surface area (Å²) in [5.41, 5.74) is 1.93. The maximum Gasteiger partial charge on any atom is 0.308 e. The molecule has 5 nitrogen and oxygen atoms in total. The molecule has 0 heterocycles. The predicted molar refractivity (Wildman–Crippen MR) is 100 cm³/mol. The molecule has 0 saturated heterocycles. The van der Waals surface area contributed by atoms with Crippen molar-refractivity contribution < 1.29 is 19.1 Å². The largest absolute Gasteiger partial charge is 0.484 e. The number of rotatable bonds is 8. The third-order valence-corrected chi connectivity index (χ3v) is 3.93. The molecule has 2 aromatic carbocycles. The lowest BCUT2D eigenvalue weighted by Crippen LogP contribution is -2.34. The summed E-state index contributed by atoms with van der Waals surface area (Å²) in [6.45, 7) is 3.86. The summed E-state index contributed by atoms with van der Waals surface area (Å²) in [4.78, 5) is 24.1.